The summed E-state index contributed by atoms with van der Waals surface area (Å²) in [5, 5.41) is 4.24. The van der Waals surface area contributed by atoms with Crippen LogP contribution in [0.5, 0.6) is 0 Å². The number of hydrogen-bond donors (Lipinski definition) is 1. The molecule has 3 rings (SSSR count). The van der Waals surface area contributed by atoms with E-state index in [0.29, 0.717) is 11.4 Å². The number of benzene rings is 1. The second-order valence-electron chi connectivity index (χ2n) is 6.12. The Bertz CT molecular complexity index is 1040. The van der Waals surface area contributed by atoms with Crippen molar-refractivity contribution in [1.29, 1.82) is 0 Å². The molecule has 2 heterocycles. The lowest BCUT2D eigenvalue weighted by Gasteiger charge is -2.19. The lowest BCUT2D eigenvalue weighted by Crippen LogP contribution is -2.32. The van der Waals surface area contributed by atoms with E-state index in [-0.39, 0.29) is 26.7 Å². The van der Waals surface area contributed by atoms with E-state index >= 15 is 0 Å². The van der Waals surface area contributed by atoms with Gasteiger partial charge in [0.1, 0.15) is 10.9 Å². The number of nitrogens with zero attached hydrogens (tertiary/aromatic N) is 3. The average Bonchev–Trinajstić information content (AvgIpc) is 3.12. The Balaban J connectivity index is 1.93. The van der Waals surface area contributed by atoms with Crippen LogP contribution < -0.4 is 4.72 Å². The molecular formula is C17H16Cl2N4O3S. The zero-order chi connectivity index (χ0) is 19.6. The molecule has 3 aromatic rings. The van der Waals surface area contributed by atoms with E-state index in [2.05, 4.69) is 19.8 Å². The molecule has 27 heavy (non-hydrogen) atoms. The normalized spacial score (nSPS) is 13.1. The van der Waals surface area contributed by atoms with Gasteiger partial charge in [-0.25, -0.2) is 8.42 Å². The molecule has 1 N–H and O–H groups in total. The predicted molar refractivity (Wildman–Crippen MR) is 102 cm³/mol. The van der Waals surface area contributed by atoms with E-state index < -0.39 is 16.1 Å². The first-order chi connectivity index (χ1) is 12.8. The topological polar surface area (TPSA) is 98.0 Å². The average molecular weight is 427 g/mol. The fraction of sp³-hybridized carbons (Fsp3) is 0.235. The van der Waals surface area contributed by atoms with Gasteiger partial charge in [0.15, 0.2) is 0 Å². The fourth-order valence-electron chi connectivity index (χ4n) is 2.36. The number of nitrogens with one attached hydrogen (secondary N) is 1. The maximum atomic E-state index is 12.8. The van der Waals surface area contributed by atoms with Crippen LogP contribution in [0.2, 0.25) is 10.0 Å². The fourth-order valence-corrected chi connectivity index (χ4v) is 4.46. The summed E-state index contributed by atoms with van der Waals surface area (Å²) in [6.45, 7) is 3.67. The van der Waals surface area contributed by atoms with Gasteiger partial charge in [0, 0.05) is 23.0 Å². The van der Waals surface area contributed by atoms with Gasteiger partial charge in [-0.05, 0) is 36.2 Å². The quantitative estimate of drug-likeness (QED) is 0.636. The van der Waals surface area contributed by atoms with Crippen LogP contribution in [0.4, 0.5) is 0 Å². The molecule has 0 aliphatic carbocycles. The molecule has 10 heteroatoms. The lowest BCUT2D eigenvalue weighted by atomic mass is 10.1. The Morgan fingerprint density at radius 3 is 2.63 bits per heavy atom. The van der Waals surface area contributed by atoms with Gasteiger partial charge in [0.05, 0.1) is 5.02 Å². The molecule has 0 aliphatic heterocycles. The van der Waals surface area contributed by atoms with Crippen molar-refractivity contribution in [2.45, 2.75) is 24.8 Å². The lowest BCUT2D eigenvalue weighted by molar-refractivity contribution is 0.311. The van der Waals surface area contributed by atoms with Gasteiger partial charge in [-0.2, -0.15) is 9.71 Å². The van der Waals surface area contributed by atoms with Crippen molar-refractivity contribution in [2.24, 2.45) is 5.92 Å². The predicted octanol–water partition coefficient (Wildman–Crippen LogP) is 4.11. The molecule has 0 saturated heterocycles. The van der Waals surface area contributed by atoms with Crippen molar-refractivity contribution < 1.29 is 12.9 Å². The van der Waals surface area contributed by atoms with Crippen molar-refractivity contribution in [1.82, 2.24) is 19.8 Å². The summed E-state index contributed by atoms with van der Waals surface area (Å²) in [7, 11) is -3.97. The number of rotatable bonds is 6. The van der Waals surface area contributed by atoms with E-state index in [1.807, 2.05) is 13.8 Å². The number of pyridine rings is 1. The van der Waals surface area contributed by atoms with Crippen LogP contribution in [0.1, 0.15) is 25.8 Å². The Hall–Kier alpha value is -2.00. The van der Waals surface area contributed by atoms with Crippen LogP contribution >= 0.6 is 23.2 Å². The van der Waals surface area contributed by atoms with E-state index in [0.717, 1.165) is 0 Å². The van der Waals surface area contributed by atoms with Gasteiger partial charge in [0.25, 0.3) is 0 Å². The summed E-state index contributed by atoms with van der Waals surface area (Å²) in [5.74, 6) is 0.300. The standard InChI is InChI=1S/C17H16Cl2N4O3S/c1-10(2)15(17-21-16(22-26-17)11-4-3-7-20-9-11)23-27(24,25)14-8-12(18)5-6-13(14)19/h3-10,15,23H,1-2H3. The molecule has 0 saturated carbocycles. The second kappa shape index (κ2) is 7.93. The summed E-state index contributed by atoms with van der Waals surface area (Å²) < 4.78 is 33.5. The van der Waals surface area contributed by atoms with E-state index in [4.69, 9.17) is 27.7 Å². The summed E-state index contributed by atoms with van der Waals surface area (Å²) in [4.78, 5) is 8.21. The Labute approximate surface area is 166 Å². The van der Waals surface area contributed by atoms with Crippen LogP contribution in [-0.4, -0.2) is 23.5 Å². The van der Waals surface area contributed by atoms with Gasteiger partial charge in [0.2, 0.25) is 21.7 Å². The SMILES string of the molecule is CC(C)C(NS(=O)(=O)c1cc(Cl)ccc1Cl)c1nc(-c2cccnc2)no1. The number of hydrogen-bond acceptors (Lipinski definition) is 6. The molecule has 0 spiro atoms. The molecule has 1 atom stereocenters. The maximum Gasteiger partial charge on any atom is 0.245 e. The molecule has 1 unspecified atom stereocenters. The van der Waals surface area contributed by atoms with Crippen molar-refractivity contribution in [2.75, 3.05) is 0 Å². The first-order valence-electron chi connectivity index (χ1n) is 7.99. The third-order valence-electron chi connectivity index (χ3n) is 3.76. The van der Waals surface area contributed by atoms with Crippen molar-refractivity contribution in [3.63, 3.8) is 0 Å². The number of halogens is 2. The molecule has 2 aromatic heterocycles. The smallest absolute Gasteiger partial charge is 0.245 e. The van der Waals surface area contributed by atoms with Crippen LogP contribution in [-0.2, 0) is 10.0 Å². The molecule has 0 fully saturated rings. The molecule has 0 radical (unpaired) electrons. The highest BCUT2D eigenvalue weighted by atomic mass is 35.5. The van der Waals surface area contributed by atoms with E-state index in [1.54, 1.807) is 24.5 Å². The van der Waals surface area contributed by atoms with Crippen molar-refractivity contribution in [3.8, 4) is 11.4 Å². The van der Waals surface area contributed by atoms with Crippen molar-refractivity contribution >= 4 is 33.2 Å². The number of sulfonamides is 1. The zero-order valence-electron chi connectivity index (χ0n) is 14.4. The highest BCUT2D eigenvalue weighted by Crippen LogP contribution is 2.29. The molecular weight excluding hydrogens is 411 g/mol. The Morgan fingerprint density at radius 2 is 1.96 bits per heavy atom. The molecule has 0 amide bonds. The number of aromatic nitrogens is 3. The first-order valence-corrected chi connectivity index (χ1v) is 10.2. The van der Waals surface area contributed by atoms with Gasteiger partial charge in [-0.3, -0.25) is 4.98 Å². The Kier molecular flexibility index (Phi) is 5.81. The monoisotopic (exact) mass is 426 g/mol. The van der Waals surface area contributed by atoms with Gasteiger partial charge >= 0.3 is 0 Å². The molecule has 0 bridgehead atoms. The zero-order valence-corrected chi connectivity index (χ0v) is 16.8. The van der Waals surface area contributed by atoms with E-state index in [9.17, 15) is 8.42 Å². The minimum absolute atomic E-state index is 0.0657. The second-order valence-corrected chi connectivity index (χ2v) is 8.64. The van der Waals surface area contributed by atoms with Crippen molar-refractivity contribution in [3.05, 3.63) is 58.7 Å². The maximum absolute atomic E-state index is 12.8. The molecule has 142 valence electrons. The molecule has 0 aliphatic rings. The van der Waals surface area contributed by atoms with Gasteiger partial charge in [-0.15, -0.1) is 0 Å². The van der Waals surface area contributed by atoms with Crippen LogP contribution in [0.25, 0.3) is 11.4 Å². The Morgan fingerprint density at radius 1 is 1.19 bits per heavy atom. The summed E-state index contributed by atoms with van der Waals surface area (Å²) in [6.07, 6.45) is 3.22. The minimum atomic E-state index is -3.97. The van der Waals surface area contributed by atoms with Crippen LogP contribution in [0.3, 0.4) is 0 Å². The summed E-state index contributed by atoms with van der Waals surface area (Å²) >= 11 is 12.0. The highest BCUT2D eigenvalue weighted by Gasteiger charge is 2.30. The van der Waals surface area contributed by atoms with Gasteiger partial charge in [-0.1, -0.05) is 42.2 Å². The van der Waals surface area contributed by atoms with E-state index in [1.165, 1.54) is 18.2 Å². The largest absolute Gasteiger partial charge is 0.337 e. The minimum Gasteiger partial charge on any atom is -0.337 e. The van der Waals surface area contributed by atoms with Gasteiger partial charge < -0.3 is 4.52 Å². The third kappa shape index (κ3) is 4.47. The third-order valence-corrected chi connectivity index (χ3v) is 5.92. The van der Waals surface area contributed by atoms with Crippen LogP contribution in [0.15, 0.2) is 52.1 Å². The highest BCUT2D eigenvalue weighted by molar-refractivity contribution is 7.89. The van der Waals surface area contributed by atoms with Crippen LogP contribution in [0, 0.1) is 5.92 Å². The molecule has 1 aromatic carbocycles. The summed E-state index contributed by atoms with van der Waals surface area (Å²) in [5.41, 5.74) is 0.663. The first kappa shape index (κ1) is 19.8. The molecule has 7 nitrogen and oxygen atoms in total. The summed E-state index contributed by atoms with van der Waals surface area (Å²) in [6, 6.07) is 7.01.